The van der Waals surface area contributed by atoms with E-state index < -0.39 is 0 Å². The molecule has 2 amide bonds. The van der Waals surface area contributed by atoms with E-state index in [1.165, 1.54) is 12.8 Å². The van der Waals surface area contributed by atoms with Crippen LogP contribution in [0.3, 0.4) is 0 Å². The summed E-state index contributed by atoms with van der Waals surface area (Å²) < 4.78 is 0. The highest BCUT2D eigenvalue weighted by Crippen LogP contribution is 2.43. The molecule has 4 aromatic rings. The van der Waals surface area contributed by atoms with E-state index in [-0.39, 0.29) is 22.9 Å². The van der Waals surface area contributed by atoms with Gasteiger partial charge < -0.3 is 20.4 Å². The first-order valence-corrected chi connectivity index (χ1v) is 13.5. The minimum atomic E-state index is 0.00669. The smallest absolute Gasteiger partial charge is 0.241 e. The first-order valence-electron chi connectivity index (χ1n) is 13.5. The standard InChI is InChI=1S/2C14H16N4O/c2*19-13-8-15-9-14(4-1-5-14)18(13)11-2-3-12-10(6-11)7-16-17-12/h2*2-3,6-7,15H,1,4-5,8-9H2,(H,16,17). The molecular weight excluding hydrogens is 480 g/mol. The van der Waals surface area contributed by atoms with E-state index >= 15 is 0 Å². The van der Waals surface area contributed by atoms with E-state index in [1.54, 1.807) is 12.4 Å². The first kappa shape index (κ1) is 23.4. The molecule has 0 radical (unpaired) electrons. The molecule has 0 unspecified atom stereocenters. The third-order valence-corrected chi connectivity index (χ3v) is 8.84. The topological polar surface area (TPSA) is 122 Å². The molecule has 4 fully saturated rings. The molecule has 4 N–H and O–H groups in total. The van der Waals surface area contributed by atoms with Gasteiger partial charge in [0.05, 0.1) is 47.6 Å². The Morgan fingerprint density at radius 2 is 1.11 bits per heavy atom. The summed E-state index contributed by atoms with van der Waals surface area (Å²) in [6.45, 7) is 2.68. The molecule has 196 valence electrons. The number of benzene rings is 2. The van der Waals surface area contributed by atoms with Gasteiger partial charge in [0.25, 0.3) is 0 Å². The Kier molecular flexibility index (Phi) is 5.48. The molecule has 2 aliphatic heterocycles. The van der Waals surface area contributed by atoms with Gasteiger partial charge in [-0.15, -0.1) is 0 Å². The molecule has 2 aromatic heterocycles. The summed E-state index contributed by atoms with van der Waals surface area (Å²) in [7, 11) is 0. The normalized spacial score (nSPS) is 21.9. The number of anilines is 2. The lowest BCUT2D eigenvalue weighted by Crippen LogP contribution is -2.67. The van der Waals surface area contributed by atoms with Crippen molar-refractivity contribution < 1.29 is 9.59 Å². The zero-order chi connectivity index (χ0) is 25.7. The Balaban J connectivity index is 0.000000127. The minimum Gasteiger partial charge on any atom is -0.306 e. The Labute approximate surface area is 220 Å². The number of nitrogens with one attached hydrogen (secondary N) is 4. The molecule has 2 aromatic carbocycles. The number of piperazine rings is 2. The van der Waals surface area contributed by atoms with Crippen molar-refractivity contribution in [3.8, 4) is 0 Å². The van der Waals surface area contributed by atoms with Gasteiger partial charge >= 0.3 is 0 Å². The number of amides is 2. The number of aromatic amines is 2. The van der Waals surface area contributed by atoms with Crippen LogP contribution in [0, 0.1) is 0 Å². The molecule has 2 saturated carbocycles. The molecule has 4 heterocycles. The quantitative estimate of drug-likeness (QED) is 0.328. The molecule has 8 rings (SSSR count). The predicted molar refractivity (Wildman–Crippen MR) is 146 cm³/mol. The number of fused-ring (bicyclic) bond motifs is 2. The van der Waals surface area contributed by atoms with Crippen molar-refractivity contribution in [1.29, 1.82) is 0 Å². The second kappa shape index (κ2) is 8.92. The molecule has 0 bridgehead atoms. The summed E-state index contributed by atoms with van der Waals surface area (Å²) in [5.41, 5.74) is 4.03. The average Bonchev–Trinajstić information content (AvgIpc) is 3.55. The van der Waals surface area contributed by atoms with Gasteiger partial charge in [0.2, 0.25) is 11.8 Å². The number of rotatable bonds is 2. The first-order chi connectivity index (χ1) is 18.6. The number of H-pyrrole nitrogens is 2. The van der Waals surface area contributed by atoms with Gasteiger partial charge in [-0.05, 0) is 74.9 Å². The van der Waals surface area contributed by atoms with Gasteiger partial charge in [0.15, 0.2) is 0 Å². The highest BCUT2D eigenvalue weighted by molar-refractivity contribution is 6.00. The van der Waals surface area contributed by atoms with Crippen LogP contribution in [0.15, 0.2) is 48.8 Å². The third kappa shape index (κ3) is 3.70. The van der Waals surface area contributed by atoms with Crippen LogP contribution in [0.25, 0.3) is 21.8 Å². The number of hydrogen-bond donors (Lipinski definition) is 4. The van der Waals surface area contributed by atoms with E-state index in [0.29, 0.717) is 13.1 Å². The van der Waals surface area contributed by atoms with Crippen LogP contribution in [0.1, 0.15) is 38.5 Å². The maximum absolute atomic E-state index is 12.3. The van der Waals surface area contributed by atoms with Crippen LogP contribution in [0.5, 0.6) is 0 Å². The number of carbonyl (C=O) groups is 2. The number of aromatic nitrogens is 4. The Bertz CT molecular complexity index is 1400. The van der Waals surface area contributed by atoms with Gasteiger partial charge in [-0.2, -0.15) is 10.2 Å². The van der Waals surface area contributed by atoms with Gasteiger partial charge in [0.1, 0.15) is 0 Å². The largest absolute Gasteiger partial charge is 0.306 e. The number of nitrogens with zero attached hydrogens (tertiary/aromatic N) is 4. The van der Waals surface area contributed by atoms with Gasteiger partial charge in [0, 0.05) is 35.2 Å². The highest BCUT2D eigenvalue weighted by atomic mass is 16.2. The van der Waals surface area contributed by atoms with E-state index in [2.05, 4.69) is 43.2 Å². The molecule has 10 nitrogen and oxygen atoms in total. The van der Waals surface area contributed by atoms with Gasteiger partial charge in [-0.3, -0.25) is 19.8 Å². The molecule has 38 heavy (non-hydrogen) atoms. The van der Waals surface area contributed by atoms with Crippen molar-refractivity contribution in [3.63, 3.8) is 0 Å². The predicted octanol–water partition coefficient (Wildman–Crippen LogP) is 2.84. The van der Waals surface area contributed by atoms with Crippen LogP contribution in [0.2, 0.25) is 0 Å². The molecular formula is C28H32N8O2. The van der Waals surface area contributed by atoms with Crippen molar-refractivity contribution in [2.24, 2.45) is 0 Å². The second-order valence-corrected chi connectivity index (χ2v) is 11.1. The van der Waals surface area contributed by atoms with E-state index in [9.17, 15) is 9.59 Å². The summed E-state index contributed by atoms with van der Waals surface area (Å²) in [6, 6.07) is 12.1. The number of hydrogen-bond acceptors (Lipinski definition) is 6. The molecule has 2 aliphatic carbocycles. The second-order valence-electron chi connectivity index (χ2n) is 11.1. The zero-order valence-corrected chi connectivity index (χ0v) is 21.3. The fourth-order valence-electron chi connectivity index (χ4n) is 6.59. The summed E-state index contributed by atoms with van der Waals surface area (Å²) >= 11 is 0. The third-order valence-electron chi connectivity index (χ3n) is 8.84. The van der Waals surface area contributed by atoms with Crippen LogP contribution in [-0.4, -0.2) is 69.5 Å². The lowest BCUT2D eigenvalue weighted by Gasteiger charge is -2.53. The van der Waals surface area contributed by atoms with Crippen molar-refractivity contribution in [2.45, 2.75) is 49.6 Å². The average molecular weight is 513 g/mol. The summed E-state index contributed by atoms with van der Waals surface area (Å²) in [5.74, 6) is 0.350. The summed E-state index contributed by atoms with van der Waals surface area (Å²) in [4.78, 5) is 28.7. The molecule has 2 spiro atoms. The van der Waals surface area contributed by atoms with Crippen molar-refractivity contribution in [1.82, 2.24) is 31.0 Å². The van der Waals surface area contributed by atoms with Gasteiger partial charge in [-0.1, -0.05) is 0 Å². The Morgan fingerprint density at radius 1 is 0.658 bits per heavy atom. The van der Waals surface area contributed by atoms with E-state index in [4.69, 9.17) is 0 Å². The van der Waals surface area contributed by atoms with Crippen LogP contribution in [0.4, 0.5) is 11.4 Å². The van der Waals surface area contributed by atoms with Crippen LogP contribution < -0.4 is 20.4 Å². The monoisotopic (exact) mass is 512 g/mol. The minimum absolute atomic E-state index is 0.00669. The summed E-state index contributed by atoms with van der Waals surface area (Å²) in [6.07, 6.45) is 10.4. The molecule has 10 heteroatoms. The maximum atomic E-state index is 12.3. The number of carbonyl (C=O) groups excluding carboxylic acids is 2. The zero-order valence-electron chi connectivity index (χ0n) is 21.3. The Morgan fingerprint density at radius 3 is 1.50 bits per heavy atom. The Hall–Kier alpha value is -3.76. The maximum Gasteiger partial charge on any atom is 0.241 e. The van der Waals surface area contributed by atoms with Crippen molar-refractivity contribution in [3.05, 3.63) is 48.8 Å². The van der Waals surface area contributed by atoms with E-state index in [0.717, 1.165) is 72.0 Å². The molecule has 4 aliphatic rings. The summed E-state index contributed by atoms with van der Waals surface area (Å²) in [5, 5.41) is 22.6. The van der Waals surface area contributed by atoms with Crippen molar-refractivity contribution >= 4 is 45.0 Å². The lowest BCUT2D eigenvalue weighted by atomic mass is 9.73. The molecule has 0 atom stereocenters. The van der Waals surface area contributed by atoms with Crippen LogP contribution in [-0.2, 0) is 9.59 Å². The van der Waals surface area contributed by atoms with Crippen molar-refractivity contribution in [2.75, 3.05) is 36.0 Å². The van der Waals surface area contributed by atoms with Gasteiger partial charge in [-0.25, -0.2) is 0 Å². The van der Waals surface area contributed by atoms with Crippen LogP contribution >= 0.6 is 0 Å². The lowest BCUT2D eigenvalue weighted by molar-refractivity contribution is -0.122. The fraction of sp³-hybridized carbons (Fsp3) is 0.429. The highest BCUT2D eigenvalue weighted by Gasteiger charge is 2.48. The SMILES string of the molecule is O=C1CNCC2(CCC2)N1c1ccc2[nH]ncc2c1.O=C1CNCC2(CCC2)N1c1ccc2[nH]ncc2c1. The fourth-order valence-corrected chi connectivity index (χ4v) is 6.59. The van der Waals surface area contributed by atoms with E-state index in [1.807, 2.05) is 34.1 Å². The molecule has 2 saturated heterocycles.